The van der Waals surface area contributed by atoms with Crippen LogP contribution in [0.1, 0.15) is 16.7 Å². The Hall–Kier alpha value is -3.46. The number of para-hydroxylation sites is 1. The summed E-state index contributed by atoms with van der Waals surface area (Å²) in [6, 6.07) is 20.3. The number of nitrogens with zero attached hydrogens (tertiary/aromatic N) is 2. The quantitative estimate of drug-likeness (QED) is 0.318. The third-order valence-electron chi connectivity index (χ3n) is 5.36. The summed E-state index contributed by atoms with van der Waals surface area (Å²) in [5.74, 6) is 0.695. The number of nitriles is 1. The van der Waals surface area contributed by atoms with E-state index >= 15 is 0 Å². The van der Waals surface area contributed by atoms with Gasteiger partial charge in [-0.1, -0.05) is 53.5 Å². The summed E-state index contributed by atoms with van der Waals surface area (Å²) in [6.07, 6.45) is 2.34. The van der Waals surface area contributed by atoms with Crippen LogP contribution in [0.5, 0.6) is 11.5 Å². The Balaban J connectivity index is 1.53. The van der Waals surface area contributed by atoms with Crippen LogP contribution in [-0.2, 0) is 17.8 Å². The largest absolute Gasteiger partial charge is 0.493 e. The van der Waals surface area contributed by atoms with E-state index in [0.717, 1.165) is 23.2 Å². The highest BCUT2D eigenvalue weighted by molar-refractivity contribution is 6.42. The first kappa shape index (κ1) is 22.7. The van der Waals surface area contributed by atoms with Crippen molar-refractivity contribution < 1.29 is 14.3 Å². The van der Waals surface area contributed by atoms with Gasteiger partial charge in [0, 0.05) is 12.2 Å². The molecule has 0 N–H and O–H groups in total. The van der Waals surface area contributed by atoms with Crippen molar-refractivity contribution in [3.63, 3.8) is 0 Å². The van der Waals surface area contributed by atoms with E-state index < -0.39 is 0 Å². The lowest BCUT2D eigenvalue weighted by atomic mass is 10.1. The minimum absolute atomic E-state index is 0.0539. The van der Waals surface area contributed by atoms with Crippen molar-refractivity contribution >= 4 is 40.9 Å². The normalized spacial score (nSPS) is 12.8. The number of rotatable bonds is 6. The Morgan fingerprint density at radius 2 is 1.91 bits per heavy atom. The fourth-order valence-electron chi connectivity index (χ4n) is 3.69. The molecule has 0 atom stereocenters. The molecule has 0 saturated heterocycles. The number of halogens is 2. The van der Waals surface area contributed by atoms with Gasteiger partial charge in [0.2, 0.25) is 0 Å². The molecule has 1 heterocycles. The third-order valence-corrected chi connectivity index (χ3v) is 6.10. The molecule has 166 valence electrons. The van der Waals surface area contributed by atoms with Crippen molar-refractivity contribution in [2.24, 2.45) is 0 Å². The average molecular weight is 479 g/mol. The Bertz CT molecular complexity index is 1280. The maximum Gasteiger partial charge on any atom is 0.268 e. The number of hydrogen-bond acceptors (Lipinski definition) is 4. The van der Waals surface area contributed by atoms with Crippen LogP contribution in [-0.4, -0.2) is 19.6 Å². The van der Waals surface area contributed by atoms with Crippen LogP contribution in [0.15, 0.2) is 66.2 Å². The number of carbonyl (C=O) groups is 1. The first-order chi connectivity index (χ1) is 16.0. The summed E-state index contributed by atoms with van der Waals surface area (Å²) >= 11 is 12.0. The van der Waals surface area contributed by atoms with Gasteiger partial charge in [-0.05, 0) is 59.5 Å². The molecule has 33 heavy (non-hydrogen) atoms. The maximum atomic E-state index is 13.0. The molecular formula is C26H20Cl2N2O3. The van der Waals surface area contributed by atoms with Crippen LogP contribution < -0.4 is 14.4 Å². The minimum Gasteiger partial charge on any atom is -0.493 e. The van der Waals surface area contributed by atoms with Crippen LogP contribution >= 0.6 is 23.2 Å². The van der Waals surface area contributed by atoms with Gasteiger partial charge >= 0.3 is 0 Å². The summed E-state index contributed by atoms with van der Waals surface area (Å²) in [5, 5.41) is 10.6. The number of benzene rings is 3. The van der Waals surface area contributed by atoms with Gasteiger partial charge in [0.15, 0.2) is 11.5 Å². The standard InChI is InChI=1S/C26H20Cl2N2O3/c1-32-25-14-17(7-9-24(25)33-16-18-6-8-21(27)22(28)13-18)12-20(15-29)26(31)30-11-10-19-4-2-3-5-23(19)30/h2-9,12-14H,10-11,16H2,1H3/b20-12+. The number of carbonyl (C=O) groups excluding carboxylic acids is 1. The van der Waals surface area contributed by atoms with Crippen LogP contribution in [0, 0.1) is 11.3 Å². The van der Waals surface area contributed by atoms with E-state index in [4.69, 9.17) is 32.7 Å². The molecule has 0 fully saturated rings. The average Bonchev–Trinajstić information content (AvgIpc) is 3.27. The lowest BCUT2D eigenvalue weighted by molar-refractivity contribution is -0.114. The topological polar surface area (TPSA) is 62.6 Å². The van der Waals surface area contributed by atoms with Gasteiger partial charge in [0.05, 0.1) is 17.2 Å². The van der Waals surface area contributed by atoms with Crippen molar-refractivity contribution in [1.82, 2.24) is 0 Å². The highest BCUT2D eigenvalue weighted by atomic mass is 35.5. The molecule has 0 unspecified atom stereocenters. The second-order valence-corrected chi connectivity index (χ2v) is 8.27. The van der Waals surface area contributed by atoms with Gasteiger partial charge in [0.1, 0.15) is 18.2 Å². The molecule has 0 bridgehead atoms. The van der Waals surface area contributed by atoms with Crippen LogP contribution in [0.3, 0.4) is 0 Å². The van der Waals surface area contributed by atoms with E-state index in [1.165, 1.54) is 7.11 Å². The molecular weight excluding hydrogens is 459 g/mol. The predicted octanol–water partition coefficient (Wildman–Crippen LogP) is 6.08. The highest BCUT2D eigenvalue weighted by Gasteiger charge is 2.26. The summed E-state index contributed by atoms with van der Waals surface area (Å²) in [6.45, 7) is 0.834. The molecule has 0 aromatic heterocycles. The maximum absolute atomic E-state index is 13.0. The number of fused-ring (bicyclic) bond motifs is 1. The van der Waals surface area contributed by atoms with Crippen molar-refractivity contribution in [3.05, 3.63) is 93.0 Å². The van der Waals surface area contributed by atoms with Crippen molar-refractivity contribution in [2.45, 2.75) is 13.0 Å². The number of ether oxygens (including phenoxy) is 2. The van der Waals surface area contributed by atoms with E-state index in [1.54, 1.807) is 41.3 Å². The van der Waals surface area contributed by atoms with Crippen LogP contribution in [0.4, 0.5) is 5.69 Å². The fraction of sp³-hybridized carbons (Fsp3) is 0.154. The van der Waals surface area contributed by atoms with E-state index in [1.807, 2.05) is 36.4 Å². The molecule has 0 radical (unpaired) electrons. The summed E-state index contributed by atoms with van der Waals surface area (Å²) in [5.41, 5.74) is 3.53. The van der Waals surface area contributed by atoms with Gasteiger partial charge in [-0.3, -0.25) is 4.79 Å². The first-order valence-corrected chi connectivity index (χ1v) is 11.0. The summed E-state index contributed by atoms with van der Waals surface area (Å²) in [7, 11) is 1.53. The van der Waals surface area contributed by atoms with Gasteiger partial charge in [-0.15, -0.1) is 0 Å². The Morgan fingerprint density at radius 3 is 2.67 bits per heavy atom. The molecule has 3 aromatic carbocycles. The molecule has 7 heteroatoms. The lowest BCUT2D eigenvalue weighted by Crippen LogP contribution is -2.29. The number of hydrogen-bond donors (Lipinski definition) is 0. The third kappa shape index (κ3) is 4.98. The van der Waals surface area contributed by atoms with Gasteiger partial charge in [-0.25, -0.2) is 0 Å². The molecule has 3 aromatic rings. The molecule has 0 saturated carbocycles. The lowest BCUT2D eigenvalue weighted by Gasteiger charge is -2.16. The SMILES string of the molecule is COc1cc(/C=C(\C#N)C(=O)N2CCc3ccccc32)ccc1OCc1ccc(Cl)c(Cl)c1. The second kappa shape index (κ2) is 9.99. The molecule has 1 aliphatic rings. The molecule has 0 spiro atoms. The molecule has 0 aliphatic carbocycles. The van der Waals surface area contributed by atoms with Crippen molar-refractivity contribution in [3.8, 4) is 17.6 Å². The Kier molecular flexibility index (Phi) is 6.88. The molecule has 1 aliphatic heterocycles. The van der Waals surface area contributed by atoms with Crippen LogP contribution in [0.2, 0.25) is 10.0 Å². The number of anilines is 1. The fourth-order valence-corrected chi connectivity index (χ4v) is 4.01. The van der Waals surface area contributed by atoms with Gasteiger partial charge in [0.25, 0.3) is 5.91 Å². The predicted molar refractivity (Wildman–Crippen MR) is 130 cm³/mol. The summed E-state index contributed by atoms with van der Waals surface area (Å²) < 4.78 is 11.3. The highest BCUT2D eigenvalue weighted by Crippen LogP contribution is 2.32. The minimum atomic E-state index is -0.318. The molecule has 5 nitrogen and oxygen atoms in total. The van der Waals surface area contributed by atoms with Gasteiger partial charge < -0.3 is 14.4 Å². The van der Waals surface area contributed by atoms with E-state index in [9.17, 15) is 10.1 Å². The molecule has 4 rings (SSSR count). The number of amides is 1. The zero-order valence-corrected chi connectivity index (χ0v) is 19.4. The smallest absolute Gasteiger partial charge is 0.268 e. The second-order valence-electron chi connectivity index (χ2n) is 7.45. The van der Waals surface area contributed by atoms with E-state index in [2.05, 4.69) is 0 Å². The Labute approximate surface area is 202 Å². The monoisotopic (exact) mass is 478 g/mol. The van der Waals surface area contributed by atoms with Crippen molar-refractivity contribution in [2.75, 3.05) is 18.6 Å². The van der Waals surface area contributed by atoms with E-state index in [-0.39, 0.29) is 18.1 Å². The van der Waals surface area contributed by atoms with Crippen molar-refractivity contribution in [1.29, 1.82) is 5.26 Å². The molecule has 1 amide bonds. The first-order valence-electron chi connectivity index (χ1n) is 10.3. The zero-order valence-electron chi connectivity index (χ0n) is 17.8. The van der Waals surface area contributed by atoms with Gasteiger partial charge in [-0.2, -0.15) is 5.26 Å². The van der Waals surface area contributed by atoms with E-state index in [0.29, 0.717) is 33.7 Å². The zero-order chi connectivity index (χ0) is 23.4. The Morgan fingerprint density at radius 1 is 1.09 bits per heavy atom. The number of methoxy groups -OCH3 is 1. The van der Waals surface area contributed by atoms with Crippen LogP contribution in [0.25, 0.3) is 6.08 Å². The summed E-state index contributed by atoms with van der Waals surface area (Å²) in [4.78, 5) is 14.7.